The summed E-state index contributed by atoms with van der Waals surface area (Å²) in [5.41, 5.74) is 1.60. The maximum atomic E-state index is 12.5. The van der Waals surface area contributed by atoms with E-state index < -0.39 is 10.8 Å². The van der Waals surface area contributed by atoms with E-state index in [4.69, 9.17) is 18.9 Å². The molecule has 192 valence electrons. The van der Waals surface area contributed by atoms with Gasteiger partial charge in [0, 0.05) is 12.1 Å². The zero-order valence-electron chi connectivity index (χ0n) is 20.7. The molecule has 0 aliphatic rings. The standard InChI is InChI=1S/C27H26N2O8/c1-34-22-14-17(9-10-18-15-23(35-2)27(37-4)24(16-18)36-3)13-20(26(22)31)28-25(30)12-11-19-7-5-6-8-21(19)29(32)33/h5-16,31H,1-4H3,(H,28,30)/b10-9?,12-11+. The number of anilines is 1. The van der Waals surface area contributed by atoms with E-state index in [0.29, 0.717) is 22.8 Å². The number of benzene rings is 3. The minimum atomic E-state index is -0.596. The predicted octanol–water partition coefficient (Wildman–Crippen LogP) is 5.16. The summed E-state index contributed by atoms with van der Waals surface area (Å²) in [5.74, 6) is 0.727. The van der Waals surface area contributed by atoms with Crippen LogP contribution in [0.3, 0.4) is 0 Å². The molecule has 3 rings (SSSR count). The van der Waals surface area contributed by atoms with Crippen LogP contribution in [0.4, 0.5) is 11.4 Å². The lowest BCUT2D eigenvalue weighted by Crippen LogP contribution is -2.08. The fraction of sp³-hybridized carbons (Fsp3) is 0.148. The van der Waals surface area contributed by atoms with Gasteiger partial charge in [0.15, 0.2) is 23.0 Å². The largest absolute Gasteiger partial charge is 0.503 e. The second-order valence-electron chi connectivity index (χ2n) is 7.55. The van der Waals surface area contributed by atoms with Crippen LogP contribution in [0.1, 0.15) is 16.7 Å². The van der Waals surface area contributed by atoms with E-state index in [-0.39, 0.29) is 28.4 Å². The first-order valence-electron chi connectivity index (χ1n) is 10.9. The molecule has 0 saturated carbocycles. The molecule has 10 heteroatoms. The Kier molecular flexibility index (Phi) is 8.71. The number of nitrogens with zero attached hydrogens (tertiary/aromatic N) is 1. The summed E-state index contributed by atoms with van der Waals surface area (Å²) in [5, 5.41) is 24.3. The zero-order chi connectivity index (χ0) is 26.9. The average molecular weight is 507 g/mol. The molecular weight excluding hydrogens is 480 g/mol. The number of phenolic OH excluding ortho intramolecular Hbond substituents is 1. The third-order valence-electron chi connectivity index (χ3n) is 5.28. The van der Waals surface area contributed by atoms with Gasteiger partial charge in [-0.2, -0.15) is 0 Å². The lowest BCUT2D eigenvalue weighted by Gasteiger charge is -2.13. The molecular formula is C27H26N2O8. The molecule has 1 amide bonds. The van der Waals surface area contributed by atoms with E-state index in [0.717, 1.165) is 11.6 Å². The number of hydrogen-bond donors (Lipinski definition) is 2. The first kappa shape index (κ1) is 26.6. The van der Waals surface area contributed by atoms with Crippen LogP contribution in [-0.4, -0.2) is 44.4 Å². The molecule has 0 aromatic heterocycles. The van der Waals surface area contributed by atoms with E-state index in [9.17, 15) is 20.0 Å². The first-order valence-corrected chi connectivity index (χ1v) is 10.9. The summed E-state index contributed by atoms with van der Waals surface area (Å²) in [6.45, 7) is 0. The molecule has 10 nitrogen and oxygen atoms in total. The number of rotatable bonds is 10. The average Bonchev–Trinajstić information content (AvgIpc) is 2.91. The van der Waals surface area contributed by atoms with Gasteiger partial charge < -0.3 is 29.4 Å². The maximum absolute atomic E-state index is 12.5. The number of carbonyl (C=O) groups excluding carboxylic acids is 1. The Labute approximate surface area is 213 Å². The molecule has 0 radical (unpaired) electrons. The van der Waals surface area contributed by atoms with Crippen molar-refractivity contribution in [2.45, 2.75) is 0 Å². The van der Waals surface area contributed by atoms with Crippen LogP contribution in [0.25, 0.3) is 18.2 Å². The number of nitro benzene ring substituents is 1. The van der Waals surface area contributed by atoms with Crippen molar-refractivity contribution in [1.29, 1.82) is 0 Å². The van der Waals surface area contributed by atoms with E-state index in [1.165, 1.54) is 52.7 Å². The molecule has 2 N–H and O–H groups in total. The van der Waals surface area contributed by atoms with Crippen molar-refractivity contribution >= 4 is 35.5 Å². The summed E-state index contributed by atoms with van der Waals surface area (Å²) in [7, 11) is 5.95. The monoisotopic (exact) mass is 506 g/mol. The number of para-hydroxylation sites is 1. The third-order valence-corrected chi connectivity index (χ3v) is 5.28. The zero-order valence-corrected chi connectivity index (χ0v) is 20.7. The van der Waals surface area contributed by atoms with Gasteiger partial charge in [-0.3, -0.25) is 14.9 Å². The molecule has 3 aromatic carbocycles. The molecule has 0 aliphatic heterocycles. The number of nitrogens with one attached hydrogen (secondary N) is 1. The SMILES string of the molecule is COc1cc(C=Cc2cc(OC)c(OC)c(OC)c2)cc(NC(=O)/C=C/c2ccccc2[N+](=O)[O-])c1O. The predicted molar refractivity (Wildman–Crippen MR) is 140 cm³/mol. The minimum absolute atomic E-state index is 0.0982. The molecule has 0 heterocycles. The highest BCUT2D eigenvalue weighted by Gasteiger charge is 2.14. The van der Waals surface area contributed by atoms with Crippen LogP contribution in [0.2, 0.25) is 0 Å². The number of hydrogen-bond acceptors (Lipinski definition) is 8. The van der Waals surface area contributed by atoms with Crippen LogP contribution < -0.4 is 24.3 Å². The second kappa shape index (κ2) is 12.1. The number of methoxy groups -OCH3 is 4. The summed E-state index contributed by atoms with van der Waals surface area (Å²) < 4.78 is 21.3. The molecule has 0 fully saturated rings. The first-order chi connectivity index (χ1) is 17.8. The van der Waals surface area contributed by atoms with Crippen molar-refractivity contribution in [2.75, 3.05) is 33.8 Å². The van der Waals surface area contributed by atoms with E-state index >= 15 is 0 Å². The summed E-state index contributed by atoms with van der Waals surface area (Å²) in [6.07, 6.45) is 6.01. The lowest BCUT2D eigenvalue weighted by atomic mass is 10.1. The Morgan fingerprint density at radius 2 is 1.43 bits per heavy atom. The Hall–Kier alpha value is -4.99. The number of aromatic hydroxyl groups is 1. The molecule has 3 aromatic rings. The number of amides is 1. The fourth-order valence-electron chi connectivity index (χ4n) is 3.50. The van der Waals surface area contributed by atoms with E-state index in [1.54, 1.807) is 42.5 Å². The van der Waals surface area contributed by atoms with Gasteiger partial charge in [0.1, 0.15) is 0 Å². The van der Waals surface area contributed by atoms with Gasteiger partial charge in [0.05, 0.1) is 44.6 Å². The molecule has 37 heavy (non-hydrogen) atoms. The van der Waals surface area contributed by atoms with Crippen molar-refractivity contribution < 1.29 is 33.8 Å². The van der Waals surface area contributed by atoms with Gasteiger partial charge in [-0.15, -0.1) is 0 Å². The number of carbonyl (C=O) groups is 1. The maximum Gasteiger partial charge on any atom is 0.276 e. The van der Waals surface area contributed by atoms with Crippen molar-refractivity contribution in [2.24, 2.45) is 0 Å². The van der Waals surface area contributed by atoms with Gasteiger partial charge in [0.25, 0.3) is 5.69 Å². The Morgan fingerprint density at radius 3 is 2.00 bits per heavy atom. The van der Waals surface area contributed by atoms with Crippen LogP contribution >= 0.6 is 0 Å². The smallest absolute Gasteiger partial charge is 0.276 e. The van der Waals surface area contributed by atoms with E-state index in [2.05, 4.69) is 5.32 Å². The Morgan fingerprint density at radius 1 is 0.865 bits per heavy atom. The fourth-order valence-corrected chi connectivity index (χ4v) is 3.50. The lowest BCUT2D eigenvalue weighted by molar-refractivity contribution is -0.385. The Balaban J connectivity index is 1.88. The quantitative estimate of drug-likeness (QED) is 0.127. The van der Waals surface area contributed by atoms with Gasteiger partial charge in [-0.25, -0.2) is 0 Å². The number of nitro groups is 1. The van der Waals surface area contributed by atoms with Gasteiger partial charge in [-0.05, 0) is 47.5 Å². The van der Waals surface area contributed by atoms with Crippen LogP contribution in [0.5, 0.6) is 28.7 Å². The second-order valence-corrected chi connectivity index (χ2v) is 7.55. The topological polar surface area (TPSA) is 129 Å². The molecule has 0 bridgehead atoms. The summed E-state index contributed by atoms with van der Waals surface area (Å²) >= 11 is 0. The summed E-state index contributed by atoms with van der Waals surface area (Å²) in [6, 6.07) is 12.7. The van der Waals surface area contributed by atoms with Crippen molar-refractivity contribution in [3.63, 3.8) is 0 Å². The summed E-state index contributed by atoms with van der Waals surface area (Å²) in [4.78, 5) is 23.2. The normalized spacial score (nSPS) is 10.9. The van der Waals surface area contributed by atoms with Crippen LogP contribution in [-0.2, 0) is 4.79 Å². The Bertz CT molecular complexity index is 1340. The van der Waals surface area contributed by atoms with Crippen molar-refractivity contribution in [1.82, 2.24) is 0 Å². The van der Waals surface area contributed by atoms with Gasteiger partial charge >= 0.3 is 0 Å². The highest BCUT2D eigenvalue weighted by atomic mass is 16.6. The molecule has 0 spiro atoms. The third kappa shape index (κ3) is 6.37. The minimum Gasteiger partial charge on any atom is -0.503 e. The van der Waals surface area contributed by atoms with Crippen molar-refractivity contribution in [3.05, 3.63) is 81.4 Å². The van der Waals surface area contributed by atoms with Crippen LogP contribution in [0, 0.1) is 10.1 Å². The van der Waals surface area contributed by atoms with Crippen LogP contribution in [0.15, 0.2) is 54.6 Å². The highest BCUT2D eigenvalue weighted by molar-refractivity contribution is 6.03. The molecule has 0 saturated heterocycles. The van der Waals surface area contributed by atoms with E-state index in [1.807, 2.05) is 0 Å². The number of phenols is 1. The van der Waals surface area contributed by atoms with Gasteiger partial charge in [0.2, 0.25) is 11.7 Å². The highest BCUT2D eigenvalue weighted by Crippen LogP contribution is 2.39. The molecule has 0 aliphatic carbocycles. The van der Waals surface area contributed by atoms with Crippen molar-refractivity contribution in [3.8, 4) is 28.7 Å². The number of ether oxygens (including phenoxy) is 4. The molecule has 0 unspecified atom stereocenters. The molecule has 0 atom stereocenters. The van der Waals surface area contributed by atoms with Gasteiger partial charge in [-0.1, -0.05) is 24.3 Å².